The molecule has 16 heavy (non-hydrogen) atoms. The molecular weight excluding hydrogens is 266 g/mol. The Morgan fingerprint density at radius 1 is 1.44 bits per heavy atom. The minimum atomic E-state index is 0.406. The molecule has 0 heterocycles. The van der Waals surface area contributed by atoms with E-state index in [-0.39, 0.29) is 0 Å². The highest BCUT2D eigenvalue weighted by molar-refractivity contribution is 9.10. The molecule has 0 spiro atoms. The van der Waals surface area contributed by atoms with Gasteiger partial charge in [-0.2, -0.15) is 0 Å². The Kier molecular flexibility index (Phi) is 3.77. The van der Waals surface area contributed by atoms with Crippen LogP contribution in [-0.4, -0.2) is 23.8 Å². The molecule has 86 valence electrons. The van der Waals surface area contributed by atoms with E-state index in [0.29, 0.717) is 11.8 Å². The molecule has 1 saturated carbocycles. The molecule has 1 atom stereocenters. The Morgan fingerprint density at radius 3 is 2.81 bits per heavy atom. The van der Waals surface area contributed by atoms with Crippen molar-refractivity contribution in [1.29, 1.82) is 0 Å². The Balaban J connectivity index is 1.99. The van der Waals surface area contributed by atoms with Crippen molar-refractivity contribution in [2.75, 3.05) is 7.05 Å². The van der Waals surface area contributed by atoms with Crippen LogP contribution in [0.4, 0.5) is 0 Å². The molecule has 1 aromatic carbocycles. The van der Waals surface area contributed by atoms with Gasteiger partial charge < -0.3 is 0 Å². The van der Waals surface area contributed by atoms with E-state index in [9.17, 15) is 4.79 Å². The number of carbonyl (C=O) groups excluding carboxylic acids is 1. The van der Waals surface area contributed by atoms with Gasteiger partial charge in [0, 0.05) is 29.9 Å². The summed E-state index contributed by atoms with van der Waals surface area (Å²) in [5.41, 5.74) is 1.28. The molecule has 1 aliphatic carbocycles. The average molecular weight is 282 g/mol. The lowest BCUT2D eigenvalue weighted by Crippen LogP contribution is -2.29. The van der Waals surface area contributed by atoms with Gasteiger partial charge >= 0.3 is 0 Å². The summed E-state index contributed by atoms with van der Waals surface area (Å²) in [5, 5.41) is 0. The molecule has 3 heteroatoms. The molecular formula is C13H16BrNO. The SMILES string of the molecule is CN(Cc1ccccc1Br)C1CCC(=O)C1. The molecule has 0 saturated heterocycles. The van der Waals surface area contributed by atoms with E-state index in [1.165, 1.54) is 5.56 Å². The van der Waals surface area contributed by atoms with Gasteiger partial charge in [0.2, 0.25) is 0 Å². The van der Waals surface area contributed by atoms with E-state index in [4.69, 9.17) is 0 Å². The first-order valence-electron chi connectivity index (χ1n) is 5.62. The van der Waals surface area contributed by atoms with Crippen LogP contribution in [0.3, 0.4) is 0 Å². The number of hydrogen-bond donors (Lipinski definition) is 0. The summed E-state index contributed by atoms with van der Waals surface area (Å²) in [4.78, 5) is 13.5. The number of halogens is 1. The number of benzene rings is 1. The summed E-state index contributed by atoms with van der Waals surface area (Å²) in [6, 6.07) is 8.68. The molecule has 2 nitrogen and oxygen atoms in total. The van der Waals surface area contributed by atoms with Crippen molar-refractivity contribution in [3.05, 3.63) is 34.3 Å². The normalized spacial score (nSPS) is 20.7. The molecule has 1 fully saturated rings. The molecule has 1 unspecified atom stereocenters. The number of hydrogen-bond acceptors (Lipinski definition) is 2. The second-order valence-corrected chi connectivity index (χ2v) is 5.30. The summed E-state index contributed by atoms with van der Waals surface area (Å²) < 4.78 is 1.14. The van der Waals surface area contributed by atoms with Crippen molar-refractivity contribution in [1.82, 2.24) is 4.90 Å². The average Bonchev–Trinajstić information content (AvgIpc) is 2.68. The summed E-state index contributed by atoms with van der Waals surface area (Å²) in [6.07, 6.45) is 2.49. The van der Waals surface area contributed by atoms with Crippen LogP contribution in [0.5, 0.6) is 0 Å². The molecule has 0 radical (unpaired) electrons. The summed E-state index contributed by atoms with van der Waals surface area (Å²) >= 11 is 3.55. The molecule has 0 N–H and O–H groups in total. The fraction of sp³-hybridized carbons (Fsp3) is 0.462. The number of rotatable bonds is 3. The predicted octanol–water partition coefficient (Wildman–Crippen LogP) is 3.00. The highest BCUT2D eigenvalue weighted by atomic mass is 79.9. The predicted molar refractivity (Wildman–Crippen MR) is 68.3 cm³/mol. The monoisotopic (exact) mass is 281 g/mol. The van der Waals surface area contributed by atoms with Gasteiger partial charge in [0.25, 0.3) is 0 Å². The van der Waals surface area contributed by atoms with E-state index in [0.717, 1.165) is 30.3 Å². The third-order valence-corrected chi connectivity index (χ3v) is 3.99. The van der Waals surface area contributed by atoms with Crippen molar-refractivity contribution in [3.63, 3.8) is 0 Å². The van der Waals surface area contributed by atoms with Gasteiger partial charge in [-0.3, -0.25) is 9.69 Å². The van der Waals surface area contributed by atoms with Crippen molar-refractivity contribution in [3.8, 4) is 0 Å². The smallest absolute Gasteiger partial charge is 0.134 e. The quantitative estimate of drug-likeness (QED) is 0.849. The third kappa shape index (κ3) is 2.71. The molecule has 0 aromatic heterocycles. The maximum atomic E-state index is 11.2. The molecule has 1 aliphatic rings. The largest absolute Gasteiger partial charge is 0.300 e. The molecule has 0 bridgehead atoms. The maximum Gasteiger partial charge on any atom is 0.134 e. The standard InChI is InChI=1S/C13H16BrNO/c1-15(11-6-7-12(16)8-11)9-10-4-2-3-5-13(10)14/h2-5,11H,6-9H2,1H3. The Labute approximate surface area is 105 Å². The first-order valence-corrected chi connectivity index (χ1v) is 6.41. The number of carbonyl (C=O) groups is 1. The lowest BCUT2D eigenvalue weighted by molar-refractivity contribution is -0.117. The van der Waals surface area contributed by atoms with Crippen LogP contribution in [0.15, 0.2) is 28.7 Å². The van der Waals surface area contributed by atoms with Crippen LogP contribution < -0.4 is 0 Å². The van der Waals surface area contributed by atoms with Crippen LogP contribution in [0.25, 0.3) is 0 Å². The van der Waals surface area contributed by atoms with Gasteiger partial charge in [0.15, 0.2) is 0 Å². The Hall–Kier alpha value is -0.670. The highest BCUT2D eigenvalue weighted by Gasteiger charge is 2.25. The topological polar surface area (TPSA) is 20.3 Å². The van der Waals surface area contributed by atoms with Gasteiger partial charge in [-0.25, -0.2) is 0 Å². The zero-order valence-corrected chi connectivity index (χ0v) is 11.0. The van der Waals surface area contributed by atoms with Gasteiger partial charge in [0.05, 0.1) is 0 Å². The highest BCUT2D eigenvalue weighted by Crippen LogP contribution is 2.23. The van der Waals surface area contributed by atoms with E-state index >= 15 is 0 Å². The first-order chi connectivity index (χ1) is 7.66. The lowest BCUT2D eigenvalue weighted by Gasteiger charge is -2.23. The Morgan fingerprint density at radius 2 is 2.19 bits per heavy atom. The van der Waals surface area contributed by atoms with E-state index in [1.54, 1.807) is 0 Å². The number of nitrogens with zero attached hydrogens (tertiary/aromatic N) is 1. The minimum absolute atomic E-state index is 0.406. The van der Waals surface area contributed by atoms with Gasteiger partial charge in [-0.15, -0.1) is 0 Å². The number of Topliss-reactive ketones (excluding diaryl/α,β-unsaturated/α-hetero) is 1. The zero-order chi connectivity index (χ0) is 11.5. The number of ketones is 1. The lowest BCUT2D eigenvalue weighted by atomic mass is 10.1. The van der Waals surface area contributed by atoms with E-state index in [2.05, 4.69) is 40.0 Å². The molecule has 0 aliphatic heterocycles. The van der Waals surface area contributed by atoms with Crippen molar-refractivity contribution in [2.24, 2.45) is 0 Å². The molecule has 2 rings (SSSR count). The second-order valence-electron chi connectivity index (χ2n) is 4.44. The van der Waals surface area contributed by atoms with Gasteiger partial charge in [-0.1, -0.05) is 34.1 Å². The van der Waals surface area contributed by atoms with E-state index in [1.807, 2.05) is 12.1 Å². The second kappa shape index (κ2) is 5.11. The summed E-state index contributed by atoms with van der Waals surface area (Å²) in [7, 11) is 2.10. The van der Waals surface area contributed by atoms with Gasteiger partial charge in [0.1, 0.15) is 5.78 Å². The van der Waals surface area contributed by atoms with E-state index < -0.39 is 0 Å². The molecule has 1 aromatic rings. The van der Waals surface area contributed by atoms with Crippen LogP contribution in [0.1, 0.15) is 24.8 Å². The van der Waals surface area contributed by atoms with Crippen LogP contribution in [-0.2, 0) is 11.3 Å². The zero-order valence-electron chi connectivity index (χ0n) is 9.45. The van der Waals surface area contributed by atoms with Gasteiger partial charge in [-0.05, 0) is 25.1 Å². The fourth-order valence-electron chi connectivity index (χ4n) is 2.20. The summed E-state index contributed by atoms with van der Waals surface area (Å²) in [5.74, 6) is 0.406. The fourth-order valence-corrected chi connectivity index (χ4v) is 2.61. The van der Waals surface area contributed by atoms with Crippen molar-refractivity contribution in [2.45, 2.75) is 31.8 Å². The minimum Gasteiger partial charge on any atom is -0.300 e. The van der Waals surface area contributed by atoms with Crippen molar-refractivity contribution < 1.29 is 4.79 Å². The van der Waals surface area contributed by atoms with Crippen LogP contribution in [0, 0.1) is 0 Å². The van der Waals surface area contributed by atoms with Crippen LogP contribution >= 0.6 is 15.9 Å². The maximum absolute atomic E-state index is 11.2. The molecule has 0 amide bonds. The summed E-state index contributed by atoms with van der Waals surface area (Å²) in [6.45, 7) is 0.902. The first kappa shape index (κ1) is 11.8. The van der Waals surface area contributed by atoms with Crippen LogP contribution in [0.2, 0.25) is 0 Å². The Bertz CT molecular complexity index is 391. The third-order valence-electron chi connectivity index (χ3n) is 3.22. The van der Waals surface area contributed by atoms with Crippen molar-refractivity contribution >= 4 is 21.7 Å².